The molecular weight excluding hydrogens is 519 g/mol. The van der Waals surface area contributed by atoms with Gasteiger partial charge in [0.15, 0.2) is 6.29 Å². The molecule has 0 amide bonds. The van der Waals surface area contributed by atoms with Crippen LogP contribution >= 0.6 is 8.25 Å². The van der Waals surface area contributed by atoms with Crippen LogP contribution in [0.4, 0.5) is 0 Å². The first-order valence-corrected chi connectivity index (χ1v) is 13.9. The quantitative estimate of drug-likeness (QED) is 0.199. The largest absolute Gasteiger partial charge is 0.694 e. The van der Waals surface area contributed by atoms with Gasteiger partial charge in [-0.15, -0.1) is 16.0 Å². The predicted octanol–water partition coefficient (Wildman–Crippen LogP) is 5.34. The van der Waals surface area contributed by atoms with Crippen molar-refractivity contribution in [1.82, 2.24) is 0 Å². The highest BCUT2D eigenvalue weighted by molar-refractivity contribution is 7.32. The van der Waals surface area contributed by atoms with Crippen molar-refractivity contribution in [2.45, 2.75) is 50.5 Å². The third kappa shape index (κ3) is 9.14. The minimum absolute atomic E-state index is 0.199. The summed E-state index contributed by atoms with van der Waals surface area (Å²) in [7, 11) is -2.84. The first kappa shape index (κ1) is 29.2. The van der Waals surface area contributed by atoms with Crippen molar-refractivity contribution in [2.75, 3.05) is 13.2 Å². The van der Waals surface area contributed by atoms with Gasteiger partial charge in [-0.1, -0.05) is 97.1 Å². The van der Waals surface area contributed by atoms with Crippen LogP contribution in [0.5, 0.6) is 0 Å². The van der Waals surface area contributed by atoms with E-state index in [0.717, 1.165) is 16.7 Å². The van der Waals surface area contributed by atoms with Crippen molar-refractivity contribution in [3.05, 3.63) is 120 Å². The summed E-state index contributed by atoms with van der Waals surface area (Å²) in [6, 6.07) is 29.3. The zero-order valence-electron chi connectivity index (χ0n) is 21.6. The Balaban J connectivity index is 1.63. The van der Waals surface area contributed by atoms with Gasteiger partial charge in [-0.2, -0.15) is 0 Å². The fraction of sp³-hybridized carbons (Fsp3) is 0.333. The minimum atomic E-state index is -2.84. The summed E-state index contributed by atoms with van der Waals surface area (Å²) in [6.45, 7) is 4.60. The predicted molar refractivity (Wildman–Crippen MR) is 146 cm³/mol. The lowest BCUT2D eigenvalue weighted by molar-refractivity contribution is -0.323. The molecule has 4 rings (SSSR count). The fourth-order valence-corrected chi connectivity index (χ4v) is 4.59. The van der Waals surface area contributed by atoms with E-state index in [1.807, 2.05) is 91.0 Å². The fourth-order valence-electron chi connectivity index (χ4n) is 4.31. The number of rotatable bonds is 15. The van der Waals surface area contributed by atoms with Crippen molar-refractivity contribution >= 4 is 8.25 Å². The maximum atomic E-state index is 11.4. The van der Waals surface area contributed by atoms with E-state index in [9.17, 15) is 9.46 Å². The van der Waals surface area contributed by atoms with E-state index < -0.39 is 39.0 Å². The number of hydrogen-bond donors (Lipinski definition) is 1. The van der Waals surface area contributed by atoms with Crippen LogP contribution in [0.1, 0.15) is 16.7 Å². The molecule has 1 aliphatic heterocycles. The zero-order chi connectivity index (χ0) is 27.3. The molecule has 3 aromatic carbocycles. The summed E-state index contributed by atoms with van der Waals surface area (Å²) in [6.07, 6.45) is -2.07. The summed E-state index contributed by atoms with van der Waals surface area (Å²) in [4.78, 5) is 9.35. The van der Waals surface area contributed by atoms with Crippen LogP contribution in [0.3, 0.4) is 0 Å². The van der Waals surface area contributed by atoms with Gasteiger partial charge in [0.1, 0.15) is 31.0 Å². The van der Waals surface area contributed by atoms with Crippen LogP contribution in [0, 0.1) is 0 Å². The van der Waals surface area contributed by atoms with Gasteiger partial charge < -0.3 is 23.7 Å². The zero-order valence-corrected chi connectivity index (χ0v) is 22.5. The Hall–Kier alpha value is -2.78. The molecule has 3 aromatic rings. The third-order valence-electron chi connectivity index (χ3n) is 6.17. The maximum absolute atomic E-state index is 11.4. The molecule has 0 bridgehead atoms. The van der Waals surface area contributed by atoms with E-state index in [2.05, 4.69) is 6.58 Å². The van der Waals surface area contributed by atoms with E-state index >= 15 is 0 Å². The average molecular weight is 554 g/mol. The summed E-state index contributed by atoms with van der Waals surface area (Å²) < 4.78 is 48.0. The number of ether oxygens (including phenoxy) is 5. The van der Waals surface area contributed by atoms with E-state index in [1.54, 1.807) is 6.08 Å². The molecule has 9 heteroatoms. The molecule has 39 heavy (non-hydrogen) atoms. The lowest BCUT2D eigenvalue weighted by atomic mass is 9.98. The first-order valence-electron chi connectivity index (χ1n) is 12.8. The monoisotopic (exact) mass is 553 g/mol. The van der Waals surface area contributed by atoms with E-state index in [-0.39, 0.29) is 26.4 Å². The van der Waals surface area contributed by atoms with Crippen LogP contribution in [-0.4, -0.2) is 48.8 Å². The molecule has 0 radical (unpaired) electrons. The average Bonchev–Trinajstić information content (AvgIpc) is 2.97. The highest BCUT2D eigenvalue weighted by Gasteiger charge is 2.49. The van der Waals surface area contributed by atoms with Gasteiger partial charge in [-0.05, 0) is 16.7 Å². The van der Waals surface area contributed by atoms with Crippen molar-refractivity contribution in [3.63, 3.8) is 0 Å². The van der Waals surface area contributed by atoms with Crippen molar-refractivity contribution in [1.29, 1.82) is 0 Å². The maximum Gasteiger partial charge on any atom is 0.694 e. The molecule has 0 spiro atoms. The summed E-state index contributed by atoms with van der Waals surface area (Å²) in [5.74, 6) is 0. The Morgan fingerprint density at radius 1 is 0.718 bits per heavy atom. The molecule has 1 aliphatic rings. The summed E-state index contributed by atoms with van der Waals surface area (Å²) >= 11 is 0. The van der Waals surface area contributed by atoms with Gasteiger partial charge in [0.25, 0.3) is 0 Å². The smallest absolute Gasteiger partial charge is 0.368 e. The molecule has 1 saturated heterocycles. The molecule has 2 unspecified atom stereocenters. The highest BCUT2D eigenvalue weighted by Crippen LogP contribution is 2.32. The minimum Gasteiger partial charge on any atom is -0.368 e. The lowest BCUT2D eigenvalue weighted by Gasteiger charge is -2.45. The van der Waals surface area contributed by atoms with Crippen LogP contribution in [0.25, 0.3) is 0 Å². The van der Waals surface area contributed by atoms with E-state index in [1.165, 1.54) is 0 Å². The molecule has 0 aliphatic carbocycles. The van der Waals surface area contributed by atoms with Crippen molar-refractivity contribution < 1.29 is 37.7 Å². The van der Waals surface area contributed by atoms with E-state index in [4.69, 9.17) is 28.2 Å². The first-order chi connectivity index (χ1) is 19.1. The SMILES string of the molecule is C=CCOC1O[C@H](CO[P+](=O)O)[C@@H](OCc2ccccc2)[C@H](OCc2ccccc2)[C@@H]1OCc1ccccc1. The molecular formula is C30H34O8P+. The second-order valence-corrected chi connectivity index (χ2v) is 9.72. The Morgan fingerprint density at radius 3 is 1.64 bits per heavy atom. The van der Waals surface area contributed by atoms with Gasteiger partial charge in [0, 0.05) is 4.57 Å². The molecule has 0 aromatic heterocycles. The molecule has 0 saturated carbocycles. The Labute approximate surface area is 230 Å². The van der Waals surface area contributed by atoms with Gasteiger partial charge in [-0.3, -0.25) is 0 Å². The van der Waals surface area contributed by atoms with Crippen molar-refractivity contribution in [3.8, 4) is 0 Å². The Morgan fingerprint density at radius 2 is 1.18 bits per heavy atom. The molecule has 206 valence electrons. The summed E-state index contributed by atoms with van der Waals surface area (Å²) in [5.41, 5.74) is 2.91. The molecule has 1 fully saturated rings. The number of benzene rings is 3. The van der Waals surface area contributed by atoms with Crippen LogP contribution in [-0.2, 0) is 52.6 Å². The molecule has 6 atom stereocenters. The third-order valence-corrected chi connectivity index (χ3v) is 6.54. The summed E-state index contributed by atoms with van der Waals surface area (Å²) in [5, 5.41) is 0. The highest BCUT2D eigenvalue weighted by atomic mass is 31.1. The molecule has 1 N–H and O–H groups in total. The topological polar surface area (TPSA) is 92.7 Å². The Kier molecular flexibility index (Phi) is 11.8. The normalized spacial score (nSPS) is 23.3. The molecule has 8 nitrogen and oxygen atoms in total. The van der Waals surface area contributed by atoms with Gasteiger partial charge in [0.2, 0.25) is 0 Å². The van der Waals surface area contributed by atoms with Crippen LogP contribution in [0.15, 0.2) is 104 Å². The standard InChI is InChI=1S/C30H33O8P/c1-2-18-33-30-29(36-21-25-16-10-5-11-17-25)28(35-20-24-14-8-4-9-15-24)27(26(38-30)22-37-39(31)32)34-19-23-12-6-3-7-13-23/h2-17,26-30H,1,18-22H2/p+1/t26-,27-,28+,29+,30?/m1/s1. The van der Waals surface area contributed by atoms with Crippen LogP contribution < -0.4 is 0 Å². The van der Waals surface area contributed by atoms with Crippen molar-refractivity contribution in [2.24, 2.45) is 0 Å². The molecule has 1 heterocycles. The lowest BCUT2D eigenvalue weighted by Crippen LogP contribution is -2.61. The second-order valence-electron chi connectivity index (χ2n) is 8.98. The van der Waals surface area contributed by atoms with E-state index in [0.29, 0.717) is 6.61 Å². The second kappa shape index (κ2) is 15.7. The van der Waals surface area contributed by atoms with Gasteiger partial charge in [-0.25, -0.2) is 0 Å². The van der Waals surface area contributed by atoms with Gasteiger partial charge >= 0.3 is 8.25 Å². The number of hydrogen-bond acceptors (Lipinski definition) is 7. The van der Waals surface area contributed by atoms with Crippen LogP contribution in [0.2, 0.25) is 0 Å². The van der Waals surface area contributed by atoms with Gasteiger partial charge in [0.05, 0.1) is 26.4 Å². The Bertz CT molecular complexity index is 1130.